The first kappa shape index (κ1) is 21.1. The molecule has 5 nitrogen and oxygen atoms in total. The van der Waals surface area contributed by atoms with Gasteiger partial charge in [-0.15, -0.1) is 0 Å². The van der Waals surface area contributed by atoms with Crippen LogP contribution in [0, 0.1) is 0 Å². The van der Waals surface area contributed by atoms with Crippen molar-refractivity contribution in [1.29, 1.82) is 0 Å². The van der Waals surface area contributed by atoms with Crippen molar-refractivity contribution in [3.8, 4) is 0 Å². The molecule has 17 heteroatoms. The second kappa shape index (κ2) is 5.31. The second-order valence-corrected chi connectivity index (χ2v) is 4.26. The molecule has 0 saturated heterocycles. The monoisotopic (exact) mass is 382 g/mol. The topological polar surface area (TPSA) is 72.8 Å². The van der Waals surface area contributed by atoms with Crippen molar-refractivity contribution in [2.45, 2.75) is 30.4 Å². The van der Waals surface area contributed by atoms with Crippen molar-refractivity contribution >= 4 is 10.4 Å². The van der Waals surface area contributed by atoms with E-state index >= 15 is 0 Å². The van der Waals surface area contributed by atoms with E-state index < -0.39 is 40.8 Å². The summed E-state index contributed by atoms with van der Waals surface area (Å²) in [4.78, 5) is 0. The molecule has 0 amide bonds. The van der Waals surface area contributed by atoms with Gasteiger partial charge in [0.15, 0.2) is 0 Å². The van der Waals surface area contributed by atoms with Crippen LogP contribution in [0.5, 0.6) is 0 Å². The quantitative estimate of drug-likeness (QED) is 0.460. The van der Waals surface area contributed by atoms with Crippen LogP contribution in [0.4, 0.5) is 48.3 Å². The lowest BCUT2D eigenvalue weighted by atomic mass is 10.3. The second-order valence-electron chi connectivity index (χ2n) is 3.24. The van der Waals surface area contributed by atoms with Gasteiger partial charge in [-0.05, 0) is 0 Å². The summed E-state index contributed by atoms with van der Waals surface area (Å²) >= 11 is 0. The van der Waals surface area contributed by atoms with Crippen LogP contribution in [-0.4, -0.2) is 43.4 Å². The summed E-state index contributed by atoms with van der Waals surface area (Å²) in [7, 11) is -6.65. The molecule has 0 aromatic rings. The minimum absolute atomic E-state index is 1.63. The summed E-state index contributed by atoms with van der Waals surface area (Å²) in [6, 6.07) is -6.83. The van der Waals surface area contributed by atoms with Crippen molar-refractivity contribution in [3.63, 3.8) is 0 Å². The minimum Gasteiger partial charge on any atom is -0.263 e. The Kier molecular flexibility index (Phi) is 5.08. The molecular formula is C5HF11O5S. The fraction of sp³-hybridized carbons (Fsp3) is 1.00. The zero-order valence-corrected chi connectivity index (χ0v) is 9.96. The Morgan fingerprint density at radius 3 is 1.18 bits per heavy atom. The Morgan fingerprint density at radius 2 is 1.00 bits per heavy atom. The van der Waals surface area contributed by atoms with Crippen molar-refractivity contribution in [1.82, 2.24) is 0 Å². The number of hydrogen-bond donors (Lipinski definition) is 1. The predicted octanol–water partition coefficient (Wildman–Crippen LogP) is 2.80. The Bertz CT molecular complexity index is 488. The summed E-state index contributed by atoms with van der Waals surface area (Å²) in [5, 5.41) is 0. The third kappa shape index (κ3) is 4.29. The molecule has 1 N–H and O–H groups in total. The fourth-order valence-electron chi connectivity index (χ4n) is 0.715. The summed E-state index contributed by atoms with van der Waals surface area (Å²) in [5.74, 6) is -7.31. The molecule has 0 aliphatic rings. The first-order valence-electron chi connectivity index (χ1n) is 4.12. The van der Waals surface area contributed by atoms with E-state index in [1.54, 1.807) is 4.74 Å². The van der Waals surface area contributed by atoms with Crippen LogP contribution in [0.15, 0.2) is 0 Å². The van der Waals surface area contributed by atoms with Gasteiger partial charge in [-0.3, -0.25) is 9.29 Å². The van der Waals surface area contributed by atoms with E-state index in [4.69, 9.17) is 4.55 Å². The third-order valence-electron chi connectivity index (χ3n) is 1.55. The van der Waals surface area contributed by atoms with Crippen molar-refractivity contribution in [2.75, 3.05) is 0 Å². The van der Waals surface area contributed by atoms with Crippen molar-refractivity contribution in [3.05, 3.63) is 0 Å². The molecule has 0 saturated carbocycles. The largest absolute Gasteiger partial charge is 0.479 e. The van der Waals surface area contributed by atoms with E-state index in [1.165, 1.54) is 0 Å². The van der Waals surface area contributed by atoms with Gasteiger partial charge in [0.1, 0.15) is 0 Å². The van der Waals surface area contributed by atoms with Crippen LogP contribution in [-0.2, 0) is 19.3 Å². The van der Waals surface area contributed by atoms with Crippen LogP contribution in [0.25, 0.3) is 0 Å². The summed E-state index contributed by atoms with van der Waals surface area (Å²) in [5.41, 5.74) is 0. The zero-order chi connectivity index (χ0) is 18.4. The highest BCUT2D eigenvalue weighted by atomic mass is 32.3. The number of rotatable bonds is 4. The third-order valence-corrected chi connectivity index (χ3v) is 1.98. The molecule has 0 aliphatic carbocycles. The molecule has 0 heterocycles. The molecule has 0 rings (SSSR count). The predicted molar refractivity (Wildman–Crippen MR) is 39.6 cm³/mol. The van der Waals surface area contributed by atoms with Gasteiger partial charge in [0.2, 0.25) is 0 Å². The maximum absolute atomic E-state index is 13.0. The molecular weight excluding hydrogens is 381 g/mol. The van der Waals surface area contributed by atoms with Crippen molar-refractivity contribution in [2.24, 2.45) is 0 Å². The Balaban J connectivity index is 6.13. The molecule has 0 radical (unpaired) electrons. The Hall–Kier alpha value is -0.940. The van der Waals surface area contributed by atoms with Crippen LogP contribution in [0.2, 0.25) is 0 Å². The van der Waals surface area contributed by atoms with Gasteiger partial charge in [0.25, 0.3) is 0 Å². The molecule has 1 unspecified atom stereocenters. The first-order chi connectivity index (χ1) is 9.16. The highest BCUT2D eigenvalue weighted by Gasteiger charge is 2.80. The highest BCUT2D eigenvalue weighted by Crippen LogP contribution is 2.52. The average Bonchev–Trinajstić information content (AvgIpc) is 2.07. The number of halogens is 11. The van der Waals surface area contributed by atoms with Gasteiger partial charge in [0.05, 0.1) is 0 Å². The maximum Gasteiger partial charge on any atom is 0.479 e. The number of ether oxygens (including phenoxy) is 1. The van der Waals surface area contributed by atoms with Gasteiger partial charge in [-0.25, -0.2) is 0 Å². The molecule has 0 bridgehead atoms. The summed E-state index contributed by atoms with van der Waals surface area (Å²) in [6.45, 7) is 0. The lowest BCUT2D eigenvalue weighted by molar-refractivity contribution is -0.524. The highest BCUT2D eigenvalue weighted by molar-refractivity contribution is 7.80. The molecule has 0 aliphatic heterocycles. The Morgan fingerprint density at radius 1 is 0.682 bits per heavy atom. The van der Waals surface area contributed by atoms with E-state index in [2.05, 4.69) is 0 Å². The van der Waals surface area contributed by atoms with Gasteiger partial charge in [0, 0.05) is 0 Å². The van der Waals surface area contributed by atoms with Crippen LogP contribution >= 0.6 is 0 Å². The SMILES string of the molecule is O=S(=O)(O)OC(F)(OC(F)(C(F)(F)F)C(F)(F)F)C(F)(F)F. The number of hydrogen-bond acceptors (Lipinski definition) is 4. The minimum atomic E-state index is -7.32. The molecule has 0 fully saturated rings. The van der Waals surface area contributed by atoms with E-state index in [0.29, 0.717) is 0 Å². The van der Waals surface area contributed by atoms with Crippen LogP contribution in [0.1, 0.15) is 0 Å². The maximum atomic E-state index is 13.0. The Labute approximate surface area is 112 Å². The van der Waals surface area contributed by atoms with Gasteiger partial charge in [-0.2, -0.15) is 60.9 Å². The lowest BCUT2D eigenvalue weighted by Gasteiger charge is -2.35. The molecule has 134 valence electrons. The van der Waals surface area contributed by atoms with Gasteiger partial charge in [-0.1, -0.05) is 0 Å². The summed E-state index contributed by atoms with van der Waals surface area (Å²) < 4.78 is 165. The van der Waals surface area contributed by atoms with E-state index in [1.807, 2.05) is 4.18 Å². The fourth-order valence-corrected chi connectivity index (χ4v) is 1.11. The molecule has 0 aromatic heterocycles. The standard InChI is InChI=1S/C5HF11O5S/c6-1(2(7,8)9,3(10,11)12)20-5(16,4(13,14)15)21-22(17,18)19/h(H,17,18,19). The normalized spacial score (nSPS) is 18.2. The first-order valence-corrected chi connectivity index (χ1v) is 5.49. The number of alkyl halides is 11. The average molecular weight is 382 g/mol. The molecule has 0 spiro atoms. The lowest BCUT2D eigenvalue weighted by Crippen LogP contribution is -2.62. The van der Waals surface area contributed by atoms with Gasteiger partial charge >= 0.3 is 40.8 Å². The molecule has 0 aromatic carbocycles. The smallest absolute Gasteiger partial charge is 0.263 e. The van der Waals surface area contributed by atoms with Crippen molar-refractivity contribution < 1.29 is 70.2 Å². The van der Waals surface area contributed by atoms with E-state index in [9.17, 15) is 56.7 Å². The molecule has 1 atom stereocenters. The summed E-state index contributed by atoms with van der Waals surface area (Å²) in [6.07, 6.45) is -21.7. The van der Waals surface area contributed by atoms with E-state index in [-0.39, 0.29) is 0 Å². The zero-order valence-electron chi connectivity index (χ0n) is 9.15. The molecule has 22 heavy (non-hydrogen) atoms. The van der Waals surface area contributed by atoms with Crippen LogP contribution in [0.3, 0.4) is 0 Å². The van der Waals surface area contributed by atoms with Crippen LogP contribution < -0.4 is 0 Å². The van der Waals surface area contributed by atoms with Gasteiger partial charge < -0.3 is 0 Å². The van der Waals surface area contributed by atoms with E-state index in [0.717, 1.165) is 0 Å².